The van der Waals surface area contributed by atoms with Crippen LogP contribution in [0.15, 0.2) is 4.52 Å². The Bertz CT molecular complexity index is 217. The van der Waals surface area contributed by atoms with Crippen molar-refractivity contribution in [1.29, 1.82) is 0 Å². The maximum Gasteiger partial charge on any atom is 0.226 e. The molecule has 0 saturated carbocycles. The standard InChI is InChI=1S/C8H15N3OS/c1-2-13-6-7-10-8(12-11-7)4-3-5-9/h2-6,9H2,1H3. The second-order valence-electron chi connectivity index (χ2n) is 2.63. The average molecular weight is 201 g/mol. The molecule has 1 aromatic rings. The maximum absolute atomic E-state index is 5.37. The van der Waals surface area contributed by atoms with Crippen molar-refractivity contribution in [2.24, 2.45) is 5.73 Å². The summed E-state index contributed by atoms with van der Waals surface area (Å²) in [6.45, 7) is 2.78. The van der Waals surface area contributed by atoms with Crippen LogP contribution in [-0.2, 0) is 12.2 Å². The lowest BCUT2D eigenvalue weighted by Crippen LogP contribution is -2.00. The number of thioether (sulfide) groups is 1. The third-order valence-electron chi connectivity index (χ3n) is 1.54. The Morgan fingerprint density at radius 3 is 3.08 bits per heavy atom. The van der Waals surface area contributed by atoms with Crippen molar-refractivity contribution in [1.82, 2.24) is 10.1 Å². The predicted octanol–water partition coefficient (Wildman–Crippen LogP) is 1.21. The number of rotatable bonds is 6. The lowest BCUT2D eigenvalue weighted by molar-refractivity contribution is 0.372. The van der Waals surface area contributed by atoms with Crippen LogP contribution in [0.2, 0.25) is 0 Å². The Morgan fingerprint density at radius 2 is 2.38 bits per heavy atom. The molecular weight excluding hydrogens is 186 g/mol. The van der Waals surface area contributed by atoms with Gasteiger partial charge in [0.25, 0.3) is 0 Å². The largest absolute Gasteiger partial charge is 0.339 e. The highest BCUT2D eigenvalue weighted by Gasteiger charge is 2.04. The summed E-state index contributed by atoms with van der Waals surface area (Å²) in [4.78, 5) is 4.23. The number of aromatic nitrogens is 2. The average Bonchev–Trinajstić information content (AvgIpc) is 2.59. The zero-order valence-corrected chi connectivity index (χ0v) is 8.64. The highest BCUT2D eigenvalue weighted by atomic mass is 32.2. The van der Waals surface area contributed by atoms with Gasteiger partial charge in [-0.1, -0.05) is 12.1 Å². The minimum atomic E-state index is 0.668. The minimum Gasteiger partial charge on any atom is -0.339 e. The molecule has 0 unspecified atom stereocenters. The molecular formula is C8H15N3OS. The summed E-state index contributed by atoms with van der Waals surface area (Å²) >= 11 is 1.79. The summed E-state index contributed by atoms with van der Waals surface area (Å²) in [6, 6.07) is 0. The van der Waals surface area contributed by atoms with Crippen LogP contribution in [0.1, 0.15) is 25.1 Å². The number of nitrogens with zero attached hydrogens (tertiary/aromatic N) is 2. The molecule has 0 saturated heterocycles. The Balaban J connectivity index is 2.34. The smallest absolute Gasteiger partial charge is 0.226 e. The van der Waals surface area contributed by atoms with E-state index in [9.17, 15) is 0 Å². The van der Waals surface area contributed by atoms with Crippen LogP contribution in [0.4, 0.5) is 0 Å². The van der Waals surface area contributed by atoms with Crippen molar-refractivity contribution < 1.29 is 4.52 Å². The van der Waals surface area contributed by atoms with Crippen LogP contribution in [0, 0.1) is 0 Å². The summed E-state index contributed by atoms with van der Waals surface area (Å²) in [7, 11) is 0. The summed E-state index contributed by atoms with van der Waals surface area (Å²) in [5.41, 5.74) is 5.37. The van der Waals surface area contributed by atoms with Gasteiger partial charge in [-0.05, 0) is 18.7 Å². The molecule has 0 fully saturated rings. The van der Waals surface area contributed by atoms with Crippen molar-refractivity contribution in [2.45, 2.75) is 25.5 Å². The maximum atomic E-state index is 5.37. The van der Waals surface area contributed by atoms with E-state index in [2.05, 4.69) is 17.1 Å². The molecule has 74 valence electrons. The molecule has 4 nitrogen and oxygen atoms in total. The van der Waals surface area contributed by atoms with E-state index in [-0.39, 0.29) is 0 Å². The van der Waals surface area contributed by atoms with Gasteiger partial charge in [0, 0.05) is 6.42 Å². The fourth-order valence-electron chi connectivity index (χ4n) is 0.897. The Morgan fingerprint density at radius 1 is 1.54 bits per heavy atom. The molecule has 2 N–H and O–H groups in total. The van der Waals surface area contributed by atoms with E-state index in [4.69, 9.17) is 10.3 Å². The molecule has 1 rings (SSSR count). The molecule has 5 heteroatoms. The van der Waals surface area contributed by atoms with Gasteiger partial charge in [-0.15, -0.1) is 0 Å². The fraction of sp³-hybridized carbons (Fsp3) is 0.750. The van der Waals surface area contributed by atoms with Crippen molar-refractivity contribution >= 4 is 11.8 Å². The summed E-state index contributed by atoms with van der Waals surface area (Å²) in [5.74, 6) is 3.41. The van der Waals surface area contributed by atoms with Gasteiger partial charge < -0.3 is 10.3 Å². The molecule has 0 radical (unpaired) electrons. The van der Waals surface area contributed by atoms with Gasteiger partial charge in [0.2, 0.25) is 5.89 Å². The molecule has 0 aliphatic heterocycles. The molecule has 0 aromatic carbocycles. The van der Waals surface area contributed by atoms with Crippen LogP contribution >= 0.6 is 11.8 Å². The van der Waals surface area contributed by atoms with E-state index in [0.717, 1.165) is 30.2 Å². The van der Waals surface area contributed by atoms with Crippen LogP contribution in [0.25, 0.3) is 0 Å². The van der Waals surface area contributed by atoms with Crippen molar-refractivity contribution in [3.05, 3.63) is 11.7 Å². The van der Waals surface area contributed by atoms with Gasteiger partial charge in [0.05, 0.1) is 5.75 Å². The zero-order chi connectivity index (χ0) is 9.52. The summed E-state index contributed by atoms with van der Waals surface area (Å²) in [5, 5.41) is 3.86. The van der Waals surface area contributed by atoms with Crippen molar-refractivity contribution in [3.63, 3.8) is 0 Å². The molecule has 1 heterocycles. The highest BCUT2D eigenvalue weighted by molar-refractivity contribution is 7.98. The minimum absolute atomic E-state index is 0.668. The van der Waals surface area contributed by atoms with Crippen molar-refractivity contribution in [2.75, 3.05) is 12.3 Å². The lowest BCUT2D eigenvalue weighted by atomic mass is 10.3. The van der Waals surface area contributed by atoms with Crippen LogP contribution in [0.3, 0.4) is 0 Å². The first kappa shape index (κ1) is 10.5. The van der Waals surface area contributed by atoms with Crippen LogP contribution < -0.4 is 5.73 Å². The van der Waals surface area contributed by atoms with E-state index in [0.29, 0.717) is 12.4 Å². The number of nitrogens with two attached hydrogens (primary N) is 1. The predicted molar refractivity (Wildman–Crippen MR) is 53.5 cm³/mol. The molecule has 1 aromatic heterocycles. The SMILES string of the molecule is CCSCc1noc(CCCN)n1. The van der Waals surface area contributed by atoms with Crippen LogP contribution in [0.5, 0.6) is 0 Å². The topological polar surface area (TPSA) is 64.9 Å². The third kappa shape index (κ3) is 3.78. The first-order valence-electron chi connectivity index (χ1n) is 4.46. The van der Waals surface area contributed by atoms with Gasteiger partial charge in [0.1, 0.15) is 0 Å². The number of hydrogen-bond acceptors (Lipinski definition) is 5. The second-order valence-corrected chi connectivity index (χ2v) is 3.91. The first-order chi connectivity index (χ1) is 6.36. The van der Waals surface area contributed by atoms with Gasteiger partial charge in [0.15, 0.2) is 5.82 Å². The van der Waals surface area contributed by atoms with E-state index < -0.39 is 0 Å². The second kappa shape index (κ2) is 5.99. The Hall–Kier alpha value is -0.550. The molecule has 13 heavy (non-hydrogen) atoms. The zero-order valence-electron chi connectivity index (χ0n) is 7.82. The quantitative estimate of drug-likeness (QED) is 0.749. The summed E-state index contributed by atoms with van der Waals surface area (Å²) < 4.78 is 5.03. The molecule has 0 aliphatic rings. The molecule has 0 atom stereocenters. The normalized spacial score (nSPS) is 10.6. The molecule has 0 aliphatic carbocycles. The van der Waals surface area contributed by atoms with Gasteiger partial charge >= 0.3 is 0 Å². The summed E-state index contributed by atoms with van der Waals surface area (Å²) in [6.07, 6.45) is 1.70. The molecule has 0 spiro atoms. The van der Waals surface area contributed by atoms with Gasteiger partial charge in [-0.3, -0.25) is 0 Å². The van der Waals surface area contributed by atoms with Gasteiger partial charge in [-0.2, -0.15) is 16.7 Å². The molecule has 0 bridgehead atoms. The van der Waals surface area contributed by atoms with Crippen molar-refractivity contribution in [3.8, 4) is 0 Å². The molecule has 0 amide bonds. The number of aryl methyl sites for hydroxylation is 1. The first-order valence-corrected chi connectivity index (χ1v) is 5.61. The van der Waals surface area contributed by atoms with E-state index >= 15 is 0 Å². The van der Waals surface area contributed by atoms with E-state index in [1.807, 2.05) is 0 Å². The monoisotopic (exact) mass is 201 g/mol. The Labute approximate surface area is 82.3 Å². The fourth-order valence-corrected chi connectivity index (χ4v) is 1.40. The van der Waals surface area contributed by atoms with Gasteiger partial charge in [-0.25, -0.2) is 0 Å². The van der Waals surface area contributed by atoms with E-state index in [1.54, 1.807) is 11.8 Å². The van der Waals surface area contributed by atoms with E-state index in [1.165, 1.54) is 0 Å². The third-order valence-corrected chi connectivity index (χ3v) is 2.41. The van der Waals surface area contributed by atoms with Crippen LogP contribution in [-0.4, -0.2) is 22.4 Å². The Kier molecular flexibility index (Phi) is 4.85. The lowest BCUT2D eigenvalue weighted by Gasteiger charge is -1.89. The number of hydrogen-bond donors (Lipinski definition) is 1. The highest BCUT2D eigenvalue weighted by Crippen LogP contribution is 2.08.